The molecular weight excluding hydrogens is 341 g/mol. The molecular formula is C21H22BNO4. The largest absolute Gasteiger partial charge is 0.494 e. The lowest BCUT2D eigenvalue weighted by molar-refractivity contribution is -0.0229. The van der Waals surface area contributed by atoms with Crippen LogP contribution in [0.5, 0.6) is 0 Å². The number of fused-ring (bicyclic) bond motifs is 1. The third kappa shape index (κ3) is 3.43. The average molecular weight is 363 g/mol. The Bertz CT molecular complexity index is 876. The molecule has 0 aliphatic carbocycles. The number of nitrogens with zero attached hydrogens (tertiary/aromatic N) is 1. The van der Waals surface area contributed by atoms with Gasteiger partial charge in [-0.05, 0) is 50.4 Å². The molecule has 0 spiro atoms. The molecule has 1 atom stereocenters. The maximum Gasteiger partial charge on any atom is 0.494 e. The van der Waals surface area contributed by atoms with E-state index in [1.54, 1.807) is 24.3 Å². The van der Waals surface area contributed by atoms with Crippen LogP contribution in [-0.2, 0) is 15.9 Å². The van der Waals surface area contributed by atoms with Crippen molar-refractivity contribution >= 4 is 24.4 Å². The second-order valence-electron chi connectivity index (χ2n) is 7.85. The fourth-order valence-corrected chi connectivity index (χ4v) is 3.87. The molecule has 2 aromatic carbocycles. The second kappa shape index (κ2) is 6.62. The third-order valence-corrected chi connectivity index (χ3v) is 5.00. The van der Waals surface area contributed by atoms with E-state index in [0.717, 1.165) is 17.4 Å². The highest BCUT2D eigenvalue weighted by atomic mass is 16.6. The minimum atomic E-state index is -0.453. The first-order valence-corrected chi connectivity index (χ1v) is 9.21. The van der Waals surface area contributed by atoms with Gasteiger partial charge in [-0.2, -0.15) is 0 Å². The fourth-order valence-electron chi connectivity index (χ4n) is 3.87. The van der Waals surface area contributed by atoms with Crippen molar-refractivity contribution in [1.29, 1.82) is 0 Å². The van der Waals surface area contributed by atoms with Crippen LogP contribution in [0.1, 0.15) is 53.5 Å². The SMILES string of the molecule is CC1CC(C)(C)OB(c2cccc(CN3C(=O)c4ccccc4C3=O)c2)O1. The molecule has 2 amide bonds. The zero-order chi connectivity index (χ0) is 19.2. The van der Waals surface area contributed by atoms with Gasteiger partial charge in [0.05, 0.1) is 23.3 Å². The molecule has 2 aliphatic heterocycles. The van der Waals surface area contributed by atoms with Crippen LogP contribution in [0.25, 0.3) is 0 Å². The molecule has 1 saturated heterocycles. The molecule has 5 nitrogen and oxygen atoms in total. The summed E-state index contributed by atoms with van der Waals surface area (Å²) in [5.74, 6) is -0.498. The number of carbonyl (C=O) groups is 2. The highest BCUT2D eigenvalue weighted by molar-refractivity contribution is 6.61. The predicted molar refractivity (Wildman–Crippen MR) is 103 cm³/mol. The number of rotatable bonds is 3. The smallest absolute Gasteiger partial charge is 0.405 e. The lowest BCUT2D eigenvalue weighted by Crippen LogP contribution is -2.51. The van der Waals surface area contributed by atoms with E-state index in [-0.39, 0.29) is 30.1 Å². The number of hydrogen-bond donors (Lipinski definition) is 0. The lowest BCUT2D eigenvalue weighted by Gasteiger charge is -2.38. The maximum absolute atomic E-state index is 12.6. The van der Waals surface area contributed by atoms with Crippen molar-refractivity contribution < 1.29 is 18.9 Å². The van der Waals surface area contributed by atoms with Gasteiger partial charge in [0.15, 0.2) is 0 Å². The van der Waals surface area contributed by atoms with Crippen molar-refractivity contribution in [3.63, 3.8) is 0 Å². The van der Waals surface area contributed by atoms with Crippen LogP contribution in [0.3, 0.4) is 0 Å². The number of amides is 2. The monoisotopic (exact) mass is 363 g/mol. The summed E-state index contributed by atoms with van der Waals surface area (Å²) >= 11 is 0. The number of hydrogen-bond acceptors (Lipinski definition) is 4. The summed E-state index contributed by atoms with van der Waals surface area (Å²) in [6.45, 7) is 6.38. The summed E-state index contributed by atoms with van der Waals surface area (Å²) in [5.41, 5.74) is 2.43. The third-order valence-electron chi connectivity index (χ3n) is 5.00. The maximum atomic E-state index is 12.6. The van der Waals surface area contributed by atoms with Gasteiger partial charge < -0.3 is 9.31 Å². The van der Waals surface area contributed by atoms with E-state index in [2.05, 4.69) is 13.8 Å². The number of imide groups is 1. The normalized spacial score (nSPS) is 21.5. The van der Waals surface area contributed by atoms with E-state index < -0.39 is 7.12 Å². The van der Waals surface area contributed by atoms with Crippen molar-refractivity contribution in [3.8, 4) is 0 Å². The van der Waals surface area contributed by atoms with Crippen LogP contribution >= 0.6 is 0 Å². The van der Waals surface area contributed by atoms with Crippen molar-refractivity contribution in [2.24, 2.45) is 0 Å². The molecule has 138 valence electrons. The summed E-state index contributed by atoms with van der Waals surface area (Å²) in [6, 6.07) is 14.6. The quantitative estimate of drug-likeness (QED) is 0.622. The minimum Gasteiger partial charge on any atom is -0.405 e. The van der Waals surface area contributed by atoms with Crippen LogP contribution in [0.2, 0.25) is 0 Å². The first-order chi connectivity index (χ1) is 12.8. The van der Waals surface area contributed by atoms with E-state index >= 15 is 0 Å². The summed E-state index contributed by atoms with van der Waals surface area (Å²) < 4.78 is 12.0. The van der Waals surface area contributed by atoms with Gasteiger partial charge in [-0.15, -0.1) is 0 Å². The second-order valence-corrected chi connectivity index (χ2v) is 7.85. The van der Waals surface area contributed by atoms with Crippen LogP contribution in [0, 0.1) is 0 Å². The van der Waals surface area contributed by atoms with E-state index in [9.17, 15) is 9.59 Å². The minimum absolute atomic E-state index is 0.0960. The molecule has 0 bridgehead atoms. The van der Waals surface area contributed by atoms with E-state index in [4.69, 9.17) is 9.31 Å². The Morgan fingerprint density at radius 3 is 2.37 bits per heavy atom. The molecule has 1 fully saturated rings. The van der Waals surface area contributed by atoms with Crippen LogP contribution in [0.4, 0.5) is 0 Å². The van der Waals surface area contributed by atoms with E-state index in [0.29, 0.717) is 11.1 Å². The fraction of sp³-hybridized carbons (Fsp3) is 0.333. The molecule has 0 radical (unpaired) electrons. The molecule has 0 aromatic heterocycles. The number of carbonyl (C=O) groups excluding carboxylic acids is 2. The van der Waals surface area contributed by atoms with Gasteiger partial charge in [0.25, 0.3) is 11.8 Å². The van der Waals surface area contributed by atoms with Crippen molar-refractivity contribution in [2.45, 2.75) is 45.4 Å². The van der Waals surface area contributed by atoms with Gasteiger partial charge in [-0.3, -0.25) is 14.5 Å². The lowest BCUT2D eigenvalue weighted by atomic mass is 9.74. The Morgan fingerprint density at radius 1 is 1.07 bits per heavy atom. The molecule has 2 aliphatic rings. The molecule has 27 heavy (non-hydrogen) atoms. The van der Waals surface area contributed by atoms with Gasteiger partial charge in [-0.1, -0.05) is 36.4 Å². The Hall–Kier alpha value is -2.44. The van der Waals surface area contributed by atoms with Crippen molar-refractivity contribution in [2.75, 3.05) is 0 Å². The van der Waals surface area contributed by atoms with Gasteiger partial charge in [0.2, 0.25) is 0 Å². The highest BCUT2D eigenvalue weighted by Gasteiger charge is 2.39. The molecule has 0 saturated carbocycles. The van der Waals surface area contributed by atoms with Gasteiger partial charge in [0.1, 0.15) is 0 Å². The summed E-state index contributed by atoms with van der Waals surface area (Å²) in [5, 5.41) is 0. The molecule has 1 unspecified atom stereocenters. The summed E-state index contributed by atoms with van der Waals surface area (Å²) in [4.78, 5) is 26.5. The molecule has 0 N–H and O–H groups in total. The van der Waals surface area contributed by atoms with Gasteiger partial charge in [-0.25, -0.2) is 0 Å². The van der Waals surface area contributed by atoms with Crippen LogP contribution in [-0.4, -0.2) is 35.5 Å². The highest BCUT2D eigenvalue weighted by Crippen LogP contribution is 2.26. The number of benzene rings is 2. The molecule has 2 aromatic rings. The molecule has 4 rings (SSSR count). The standard InChI is InChI=1S/C21H22BNO4/c1-14-12-21(2,3)27-22(26-14)16-8-6-7-15(11-16)13-23-19(24)17-9-4-5-10-18(17)20(23)25/h4-11,14H,12-13H2,1-3H3. The van der Waals surface area contributed by atoms with Gasteiger partial charge in [0, 0.05) is 6.10 Å². The van der Waals surface area contributed by atoms with Crippen LogP contribution in [0.15, 0.2) is 48.5 Å². The van der Waals surface area contributed by atoms with Gasteiger partial charge >= 0.3 is 7.12 Å². The average Bonchev–Trinajstić information content (AvgIpc) is 2.86. The molecule has 6 heteroatoms. The summed E-state index contributed by atoms with van der Waals surface area (Å²) in [7, 11) is -0.453. The topological polar surface area (TPSA) is 55.8 Å². The summed E-state index contributed by atoms with van der Waals surface area (Å²) in [6.07, 6.45) is 0.928. The first kappa shape index (κ1) is 18.0. The van der Waals surface area contributed by atoms with Crippen LogP contribution < -0.4 is 5.46 Å². The Kier molecular flexibility index (Phi) is 4.40. The van der Waals surface area contributed by atoms with Crippen molar-refractivity contribution in [3.05, 3.63) is 65.2 Å². The Morgan fingerprint density at radius 2 is 1.74 bits per heavy atom. The molecule has 2 heterocycles. The first-order valence-electron chi connectivity index (χ1n) is 9.21. The zero-order valence-electron chi connectivity index (χ0n) is 15.8. The van der Waals surface area contributed by atoms with E-state index in [1.807, 2.05) is 31.2 Å². The van der Waals surface area contributed by atoms with E-state index in [1.165, 1.54) is 4.90 Å². The zero-order valence-corrected chi connectivity index (χ0v) is 15.8. The predicted octanol–water partition coefficient (Wildman–Crippen LogP) is 2.78. The Balaban J connectivity index is 1.56. The van der Waals surface area contributed by atoms with Crippen molar-refractivity contribution in [1.82, 2.24) is 4.90 Å². The Labute approximate surface area is 159 Å².